The summed E-state index contributed by atoms with van der Waals surface area (Å²) in [6, 6.07) is 8.55. The van der Waals surface area contributed by atoms with Crippen molar-refractivity contribution >= 4 is 17.7 Å². The molecule has 0 saturated heterocycles. The van der Waals surface area contributed by atoms with Crippen LogP contribution in [0.2, 0.25) is 0 Å². The molecule has 1 aromatic carbocycles. The average molecular weight is 249 g/mol. The predicted octanol–water partition coefficient (Wildman–Crippen LogP) is 0.939. The Bertz CT molecular complexity index is 428. The van der Waals surface area contributed by atoms with Gasteiger partial charge >= 0.3 is 5.97 Å². The summed E-state index contributed by atoms with van der Waals surface area (Å²) in [4.78, 5) is 33.9. The summed E-state index contributed by atoms with van der Waals surface area (Å²) in [6.45, 7) is 1.73. The molecule has 0 aliphatic heterocycles. The van der Waals surface area contributed by atoms with Crippen molar-refractivity contribution in [3.8, 4) is 0 Å². The lowest BCUT2D eigenvalue weighted by molar-refractivity contribution is -0.145. The van der Waals surface area contributed by atoms with E-state index in [4.69, 9.17) is 0 Å². The van der Waals surface area contributed by atoms with Crippen LogP contribution in [0.3, 0.4) is 0 Å². The second-order valence-corrected chi connectivity index (χ2v) is 3.57. The van der Waals surface area contributed by atoms with Crippen LogP contribution in [-0.4, -0.2) is 30.8 Å². The van der Waals surface area contributed by atoms with Crippen LogP contribution in [0, 0.1) is 0 Å². The van der Waals surface area contributed by atoms with Crippen molar-refractivity contribution in [1.29, 1.82) is 0 Å². The Hall–Kier alpha value is -2.17. The van der Waals surface area contributed by atoms with Crippen LogP contribution in [0.15, 0.2) is 30.3 Å². The van der Waals surface area contributed by atoms with Crippen LogP contribution in [-0.2, 0) is 14.3 Å². The Morgan fingerprint density at radius 3 is 2.44 bits per heavy atom. The number of amides is 1. The third kappa shape index (κ3) is 4.78. The van der Waals surface area contributed by atoms with Gasteiger partial charge in [0.15, 0.2) is 5.78 Å². The third-order valence-electron chi connectivity index (χ3n) is 2.13. The maximum absolute atomic E-state index is 11.6. The third-order valence-corrected chi connectivity index (χ3v) is 2.13. The smallest absolute Gasteiger partial charge is 0.313 e. The minimum Gasteiger partial charge on any atom is -0.466 e. The van der Waals surface area contributed by atoms with E-state index in [0.29, 0.717) is 5.56 Å². The van der Waals surface area contributed by atoms with Gasteiger partial charge in [-0.15, -0.1) is 0 Å². The van der Waals surface area contributed by atoms with E-state index in [2.05, 4.69) is 10.1 Å². The molecule has 1 N–H and O–H groups in total. The maximum atomic E-state index is 11.6. The van der Waals surface area contributed by atoms with E-state index >= 15 is 0 Å². The molecule has 5 nitrogen and oxygen atoms in total. The summed E-state index contributed by atoms with van der Waals surface area (Å²) in [5, 5.41) is 2.45. The molecule has 0 saturated carbocycles. The van der Waals surface area contributed by atoms with Gasteiger partial charge in [-0.2, -0.15) is 0 Å². The molecule has 0 radical (unpaired) electrons. The van der Waals surface area contributed by atoms with Crippen molar-refractivity contribution < 1.29 is 19.1 Å². The van der Waals surface area contributed by atoms with Crippen molar-refractivity contribution in [3.63, 3.8) is 0 Å². The van der Waals surface area contributed by atoms with Crippen molar-refractivity contribution in [2.75, 3.05) is 13.2 Å². The van der Waals surface area contributed by atoms with Crippen molar-refractivity contribution in [3.05, 3.63) is 35.9 Å². The van der Waals surface area contributed by atoms with E-state index in [-0.39, 0.29) is 31.3 Å². The van der Waals surface area contributed by atoms with Gasteiger partial charge in [0.2, 0.25) is 0 Å². The van der Waals surface area contributed by atoms with Gasteiger partial charge in [0.1, 0.15) is 6.42 Å². The number of rotatable bonds is 6. The normalized spacial score (nSPS) is 9.61. The first-order valence-electron chi connectivity index (χ1n) is 5.64. The molecule has 0 heterocycles. The monoisotopic (exact) mass is 249 g/mol. The molecule has 96 valence electrons. The fourth-order valence-electron chi connectivity index (χ4n) is 1.31. The summed E-state index contributed by atoms with van der Waals surface area (Å²) in [5.41, 5.74) is 0.474. The van der Waals surface area contributed by atoms with Gasteiger partial charge in [0.05, 0.1) is 13.2 Å². The summed E-state index contributed by atoms with van der Waals surface area (Å²) >= 11 is 0. The van der Waals surface area contributed by atoms with E-state index in [9.17, 15) is 14.4 Å². The standard InChI is InChI=1S/C13H15NO4/c1-2-18-12(16)8-11(15)9-14-13(17)10-6-4-3-5-7-10/h3-7H,2,8-9H2,1H3,(H,14,17). The Morgan fingerprint density at radius 2 is 1.83 bits per heavy atom. The number of esters is 1. The molecule has 5 heteroatoms. The summed E-state index contributed by atoms with van der Waals surface area (Å²) < 4.78 is 4.63. The first kappa shape index (κ1) is 13.9. The molecule has 0 fully saturated rings. The number of carbonyl (C=O) groups is 3. The molecule has 18 heavy (non-hydrogen) atoms. The van der Waals surface area contributed by atoms with Gasteiger partial charge in [-0.25, -0.2) is 0 Å². The molecular weight excluding hydrogens is 234 g/mol. The van der Waals surface area contributed by atoms with E-state index < -0.39 is 5.97 Å². The largest absolute Gasteiger partial charge is 0.466 e. The minimum absolute atomic E-state index is 0.174. The molecule has 0 unspecified atom stereocenters. The number of benzene rings is 1. The van der Waals surface area contributed by atoms with Crippen molar-refractivity contribution in [1.82, 2.24) is 5.32 Å². The molecule has 0 aliphatic rings. The van der Waals surface area contributed by atoms with Crippen LogP contribution in [0.25, 0.3) is 0 Å². The van der Waals surface area contributed by atoms with Crippen LogP contribution in [0.1, 0.15) is 23.7 Å². The lowest BCUT2D eigenvalue weighted by Crippen LogP contribution is -2.30. The van der Waals surface area contributed by atoms with Gasteiger partial charge in [0.25, 0.3) is 5.91 Å². The molecule has 0 bridgehead atoms. The molecule has 0 aromatic heterocycles. The van der Waals surface area contributed by atoms with Gasteiger partial charge in [-0.3, -0.25) is 14.4 Å². The minimum atomic E-state index is -0.573. The SMILES string of the molecule is CCOC(=O)CC(=O)CNC(=O)c1ccccc1. The fraction of sp³-hybridized carbons (Fsp3) is 0.308. The van der Waals surface area contributed by atoms with E-state index in [1.165, 1.54) is 0 Å². The molecule has 0 atom stereocenters. The quantitative estimate of drug-likeness (QED) is 0.601. The van der Waals surface area contributed by atoms with Crippen molar-refractivity contribution in [2.45, 2.75) is 13.3 Å². The van der Waals surface area contributed by atoms with Crippen molar-refractivity contribution in [2.24, 2.45) is 0 Å². The number of nitrogens with one attached hydrogen (secondary N) is 1. The molecule has 1 amide bonds. The van der Waals surface area contributed by atoms with Crippen LogP contribution < -0.4 is 5.32 Å². The summed E-state index contributed by atoms with van der Waals surface area (Å²) in [7, 11) is 0. The second-order valence-electron chi connectivity index (χ2n) is 3.57. The maximum Gasteiger partial charge on any atom is 0.313 e. The van der Waals surface area contributed by atoms with Crippen LogP contribution in [0.4, 0.5) is 0 Å². The Labute approximate surface area is 105 Å². The Kier molecular flexibility index (Phi) is 5.57. The number of carbonyl (C=O) groups excluding carboxylic acids is 3. The fourth-order valence-corrected chi connectivity index (χ4v) is 1.31. The summed E-state index contributed by atoms with van der Waals surface area (Å²) in [5.74, 6) is -1.29. The second kappa shape index (κ2) is 7.21. The lowest BCUT2D eigenvalue weighted by Gasteiger charge is -2.04. The Balaban J connectivity index is 2.35. The lowest BCUT2D eigenvalue weighted by atomic mass is 10.2. The highest BCUT2D eigenvalue weighted by Gasteiger charge is 2.12. The van der Waals surface area contributed by atoms with Gasteiger partial charge in [0, 0.05) is 5.56 Å². The highest BCUT2D eigenvalue weighted by atomic mass is 16.5. The first-order chi connectivity index (χ1) is 8.63. The van der Waals surface area contributed by atoms with Gasteiger partial charge < -0.3 is 10.1 Å². The number of hydrogen-bond donors (Lipinski definition) is 1. The molecule has 1 rings (SSSR count). The van der Waals surface area contributed by atoms with Gasteiger partial charge in [-0.05, 0) is 19.1 Å². The Morgan fingerprint density at radius 1 is 1.17 bits per heavy atom. The zero-order valence-electron chi connectivity index (χ0n) is 10.1. The predicted molar refractivity (Wildman–Crippen MR) is 65.0 cm³/mol. The van der Waals surface area contributed by atoms with Gasteiger partial charge in [-0.1, -0.05) is 18.2 Å². The van der Waals surface area contributed by atoms with Crippen LogP contribution >= 0.6 is 0 Å². The number of ether oxygens (including phenoxy) is 1. The van der Waals surface area contributed by atoms with E-state index in [1.54, 1.807) is 37.3 Å². The van der Waals surface area contributed by atoms with E-state index in [1.807, 2.05) is 0 Å². The highest BCUT2D eigenvalue weighted by Crippen LogP contribution is 1.97. The number of ketones is 1. The topological polar surface area (TPSA) is 72.5 Å². The zero-order chi connectivity index (χ0) is 13.4. The molecule has 0 spiro atoms. The molecule has 0 aliphatic carbocycles. The average Bonchev–Trinajstić information content (AvgIpc) is 2.37. The summed E-state index contributed by atoms with van der Waals surface area (Å²) in [6.07, 6.45) is -0.317. The highest BCUT2D eigenvalue weighted by molar-refractivity contribution is 6.00. The number of Topliss-reactive ketones (excluding diaryl/α,β-unsaturated/α-hetero) is 1. The van der Waals surface area contributed by atoms with Crippen LogP contribution in [0.5, 0.6) is 0 Å². The molecule has 1 aromatic rings. The first-order valence-corrected chi connectivity index (χ1v) is 5.64. The molecular formula is C13H15NO4. The zero-order valence-corrected chi connectivity index (χ0v) is 10.1. The van der Waals surface area contributed by atoms with E-state index in [0.717, 1.165) is 0 Å². The number of hydrogen-bond acceptors (Lipinski definition) is 4.